The SMILES string of the molecule is O=C(Nc1ccc(Cl)cc1)N1CCC[C@H](c2nnc(Cc3ccc(F)cc3)o2)C1. The van der Waals surface area contributed by atoms with Crippen LogP contribution in [0.3, 0.4) is 0 Å². The van der Waals surface area contributed by atoms with Crippen LogP contribution in [0.4, 0.5) is 14.9 Å². The van der Waals surface area contributed by atoms with Crippen LogP contribution >= 0.6 is 11.6 Å². The maximum atomic E-state index is 13.0. The summed E-state index contributed by atoms with van der Waals surface area (Å²) in [5.74, 6) is 0.730. The van der Waals surface area contributed by atoms with Gasteiger partial charge in [-0.1, -0.05) is 23.7 Å². The summed E-state index contributed by atoms with van der Waals surface area (Å²) in [5.41, 5.74) is 1.59. The predicted octanol–water partition coefficient (Wildman–Crippen LogP) is 4.86. The number of amides is 2. The van der Waals surface area contributed by atoms with E-state index < -0.39 is 0 Å². The number of likely N-dealkylation sites (tertiary alicyclic amines) is 1. The van der Waals surface area contributed by atoms with Crippen LogP contribution < -0.4 is 5.32 Å². The Morgan fingerprint density at radius 1 is 1.17 bits per heavy atom. The van der Waals surface area contributed by atoms with E-state index in [2.05, 4.69) is 15.5 Å². The first kappa shape index (κ1) is 19.4. The van der Waals surface area contributed by atoms with Gasteiger partial charge in [-0.25, -0.2) is 9.18 Å². The van der Waals surface area contributed by atoms with Gasteiger partial charge in [-0.15, -0.1) is 10.2 Å². The molecule has 29 heavy (non-hydrogen) atoms. The van der Waals surface area contributed by atoms with Gasteiger partial charge in [0, 0.05) is 23.8 Å². The van der Waals surface area contributed by atoms with E-state index in [9.17, 15) is 9.18 Å². The van der Waals surface area contributed by atoms with Crippen molar-refractivity contribution < 1.29 is 13.6 Å². The Morgan fingerprint density at radius 3 is 2.69 bits per heavy atom. The molecule has 1 aromatic heterocycles. The number of halogens is 2. The Bertz CT molecular complexity index is 975. The third kappa shape index (κ3) is 4.92. The lowest BCUT2D eigenvalue weighted by molar-refractivity contribution is 0.186. The van der Waals surface area contributed by atoms with E-state index in [4.69, 9.17) is 16.0 Å². The summed E-state index contributed by atoms with van der Waals surface area (Å²) in [7, 11) is 0. The predicted molar refractivity (Wildman–Crippen MR) is 108 cm³/mol. The summed E-state index contributed by atoms with van der Waals surface area (Å²) in [6, 6.07) is 13.0. The Balaban J connectivity index is 1.38. The highest BCUT2D eigenvalue weighted by Gasteiger charge is 2.28. The highest BCUT2D eigenvalue weighted by molar-refractivity contribution is 6.30. The van der Waals surface area contributed by atoms with Crippen molar-refractivity contribution >= 4 is 23.3 Å². The molecule has 150 valence electrons. The fraction of sp³-hybridized carbons (Fsp3) is 0.286. The molecule has 0 unspecified atom stereocenters. The van der Waals surface area contributed by atoms with Crippen molar-refractivity contribution in [2.24, 2.45) is 0 Å². The topological polar surface area (TPSA) is 71.3 Å². The summed E-state index contributed by atoms with van der Waals surface area (Å²) in [6.07, 6.45) is 2.18. The molecule has 2 heterocycles. The van der Waals surface area contributed by atoms with Crippen LogP contribution in [-0.4, -0.2) is 34.2 Å². The molecular formula is C21H20ClFN4O2. The Morgan fingerprint density at radius 2 is 1.93 bits per heavy atom. The van der Waals surface area contributed by atoms with Crippen LogP contribution in [0.15, 0.2) is 52.9 Å². The van der Waals surface area contributed by atoms with Gasteiger partial charge in [0.05, 0.1) is 12.3 Å². The smallest absolute Gasteiger partial charge is 0.321 e. The van der Waals surface area contributed by atoms with Gasteiger partial charge in [0.2, 0.25) is 11.8 Å². The van der Waals surface area contributed by atoms with Crippen molar-refractivity contribution in [1.29, 1.82) is 0 Å². The van der Waals surface area contributed by atoms with Crippen molar-refractivity contribution in [3.8, 4) is 0 Å². The zero-order valence-electron chi connectivity index (χ0n) is 15.6. The van der Waals surface area contributed by atoms with Gasteiger partial charge >= 0.3 is 6.03 Å². The number of nitrogens with one attached hydrogen (secondary N) is 1. The number of aromatic nitrogens is 2. The number of anilines is 1. The number of piperidine rings is 1. The molecule has 8 heteroatoms. The number of benzene rings is 2. The third-order valence-electron chi connectivity index (χ3n) is 4.90. The molecule has 6 nitrogen and oxygen atoms in total. The lowest BCUT2D eigenvalue weighted by atomic mass is 9.98. The van der Waals surface area contributed by atoms with Gasteiger partial charge in [-0.2, -0.15) is 0 Å². The fourth-order valence-corrected chi connectivity index (χ4v) is 3.50. The normalized spacial score (nSPS) is 16.6. The van der Waals surface area contributed by atoms with E-state index >= 15 is 0 Å². The lowest BCUT2D eigenvalue weighted by Crippen LogP contribution is -2.41. The Labute approximate surface area is 172 Å². The van der Waals surface area contributed by atoms with E-state index in [-0.39, 0.29) is 17.8 Å². The average Bonchev–Trinajstić information content (AvgIpc) is 3.20. The van der Waals surface area contributed by atoms with Crippen molar-refractivity contribution in [2.75, 3.05) is 18.4 Å². The van der Waals surface area contributed by atoms with Gasteiger partial charge in [0.1, 0.15) is 5.82 Å². The van der Waals surface area contributed by atoms with Crippen LogP contribution in [0.1, 0.15) is 36.1 Å². The molecule has 1 saturated heterocycles. The van der Waals surface area contributed by atoms with Crippen molar-refractivity contribution in [3.05, 3.63) is 76.7 Å². The second-order valence-electron chi connectivity index (χ2n) is 7.06. The average molecular weight is 415 g/mol. The molecule has 0 aliphatic carbocycles. The Hall–Kier alpha value is -2.93. The number of hydrogen-bond donors (Lipinski definition) is 1. The lowest BCUT2D eigenvalue weighted by Gasteiger charge is -2.31. The summed E-state index contributed by atoms with van der Waals surface area (Å²) < 4.78 is 18.9. The minimum atomic E-state index is -0.279. The van der Waals surface area contributed by atoms with Crippen LogP contribution in [0.5, 0.6) is 0 Å². The van der Waals surface area contributed by atoms with E-state index in [0.29, 0.717) is 42.0 Å². The van der Waals surface area contributed by atoms with E-state index in [0.717, 1.165) is 18.4 Å². The molecule has 0 bridgehead atoms. The first-order valence-electron chi connectivity index (χ1n) is 9.45. The standard InChI is InChI=1S/C21H20ClFN4O2/c22-16-5-9-18(10-6-16)24-21(28)27-11-1-2-15(13-27)20-26-25-19(29-20)12-14-3-7-17(23)8-4-14/h3-10,15H,1-2,11-13H2,(H,24,28)/t15-/m0/s1. The maximum absolute atomic E-state index is 13.0. The first-order valence-corrected chi connectivity index (χ1v) is 9.83. The molecule has 1 N–H and O–H groups in total. The number of rotatable bonds is 4. The van der Waals surface area contributed by atoms with E-state index in [1.54, 1.807) is 41.3 Å². The molecule has 4 rings (SSSR count). The van der Waals surface area contributed by atoms with Crippen LogP contribution in [0, 0.1) is 5.82 Å². The highest BCUT2D eigenvalue weighted by Crippen LogP contribution is 2.27. The largest absolute Gasteiger partial charge is 0.425 e. The van der Waals surface area contributed by atoms with Gasteiger partial charge in [-0.05, 0) is 54.8 Å². The van der Waals surface area contributed by atoms with Crippen molar-refractivity contribution in [2.45, 2.75) is 25.2 Å². The monoisotopic (exact) mass is 414 g/mol. The van der Waals surface area contributed by atoms with Gasteiger partial charge in [0.15, 0.2) is 0 Å². The van der Waals surface area contributed by atoms with E-state index in [1.807, 2.05) is 0 Å². The molecular weight excluding hydrogens is 395 g/mol. The number of nitrogens with zero attached hydrogens (tertiary/aromatic N) is 3. The number of carbonyl (C=O) groups is 1. The number of carbonyl (C=O) groups excluding carboxylic acids is 1. The van der Waals surface area contributed by atoms with Gasteiger partial charge < -0.3 is 14.6 Å². The molecule has 1 aliphatic rings. The summed E-state index contributed by atoms with van der Waals surface area (Å²) in [5, 5.41) is 11.8. The van der Waals surface area contributed by atoms with Crippen molar-refractivity contribution in [3.63, 3.8) is 0 Å². The number of urea groups is 1. The van der Waals surface area contributed by atoms with Crippen LogP contribution in [-0.2, 0) is 6.42 Å². The number of hydrogen-bond acceptors (Lipinski definition) is 4. The van der Waals surface area contributed by atoms with E-state index in [1.165, 1.54) is 12.1 Å². The molecule has 3 aromatic rings. The van der Waals surface area contributed by atoms with Crippen LogP contribution in [0.2, 0.25) is 5.02 Å². The van der Waals surface area contributed by atoms with Crippen molar-refractivity contribution in [1.82, 2.24) is 15.1 Å². The molecule has 2 amide bonds. The zero-order chi connectivity index (χ0) is 20.2. The maximum Gasteiger partial charge on any atom is 0.321 e. The minimum Gasteiger partial charge on any atom is -0.425 e. The summed E-state index contributed by atoms with van der Waals surface area (Å²) >= 11 is 5.88. The second-order valence-corrected chi connectivity index (χ2v) is 7.50. The summed E-state index contributed by atoms with van der Waals surface area (Å²) in [6.45, 7) is 1.18. The molecule has 1 atom stereocenters. The molecule has 0 spiro atoms. The minimum absolute atomic E-state index is 0.00538. The highest BCUT2D eigenvalue weighted by atomic mass is 35.5. The fourth-order valence-electron chi connectivity index (χ4n) is 3.38. The summed E-state index contributed by atoms with van der Waals surface area (Å²) in [4.78, 5) is 14.3. The molecule has 0 saturated carbocycles. The molecule has 1 aliphatic heterocycles. The second kappa shape index (κ2) is 8.61. The zero-order valence-corrected chi connectivity index (χ0v) is 16.4. The Kier molecular flexibility index (Phi) is 5.76. The first-order chi connectivity index (χ1) is 14.1. The molecule has 1 fully saturated rings. The quantitative estimate of drug-likeness (QED) is 0.661. The third-order valence-corrected chi connectivity index (χ3v) is 5.16. The van der Waals surface area contributed by atoms with Crippen LogP contribution in [0.25, 0.3) is 0 Å². The molecule has 2 aromatic carbocycles. The van der Waals surface area contributed by atoms with Gasteiger partial charge in [-0.3, -0.25) is 0 Å². The molecule has 0 radical (unpaired) electrons. The van der Waals surface area contributed by atoms with Gasteiger partial charge in [0.25, 0.3) is 0 Å².